The lowest BCUT2D eigenvalue weighted by Gasteiger charge is -2.18. The van der Waals surface area contributed by atoms with Crippen LogP contribution in [0.15, 0.2) is 30.5 Å². The monoisotopic (exact) mass is 257 g/mol. The molecule has 2 rings (SSSR count). The van der Waals surface area contributed by atoms with Gasteiger partial charge in [0.1, 0.15) is 5.82 Å². The topological polar surface area (TPSA) is 40.7 Å². The molecule has 0 amide bonds. The minimum Gasteiger partial charge on any atom is -0.341 e. The fourth-order valence-corrected chi connectivity index (χ4v) is 1.99. The predicted molar refractivity (Wildman–Crippen MR) is 80.1 cm³/mol. The van der Waals surface area contributed by atoms with Crippen LogP contribution in [0.25, 0.3) is 11.3 Å². The molecule has 0 aliphatic carbocycles. The zero-order valence-corrected chi connectivity index (χ0v) is 12.2. The molecule has 0 unspecified atom stereocenters. The van der Waals surface area contributed by atoms with E-state index in [2.05, 4.69) is 67.2 Å². The third-order valence-corrected chi connectivity index (χ3v) is 3.23. The van der Waals surface area contributed by atoms with Crippen LogP contribution >= 0.6 is 0 Å². The van der Waals surface area contributed by atoms with Crippen molar-refractivity contribution in [2.75, 3.05) is 6.54 Å². The Hall–Kier alpha value is -1.61. The van der Waals surface area contributed by atoms with E-state index in [9.17, 15) is 0 Å². The van der Waals surface area contributed by atoms with Crippen LogP contribution in [-0.4, -0.2) is 16.5 Å². The Morgan fingerprint density at radius 3 is 2.42 bits per heavy atom. The van der Waals surface area contributed by atoms with E-state index in [-0.39, 0.29) is 5.41 Å². The van der Waals surface area contributed by atoms with E-state index in [0.29, 0.717) is 0 Å². The Kier molecular flexibility index (Phi) is 4.05. The molecule has 2 N–H and O–H groups in total. The van der Waals surface area contributed by atoms with Crippen molar-refractivity contribution in [3.8, 4) is 11.3 Å². The van der Waals surface area contributed by atoms with Crippen LogP contribution in [0.2, 0.25) is 0 Å². The van der Waals surface area contributed by atoms with Crippen LogP contribution in [0.4, 0.5) is 0 Å². The van der Waals surface area contributed by atoms with Gasteiger partial charge in [0.05, 0.1) is 18.4 Å². The number of nitrogens with one attached hydrogen (secondary N) is 2. The van der Waals surface area contributed by atoms with Crippen molar-refractivity contribution in [3.05, 3.63) is 41.9 Å². The number of hydrogen-bond donors (Lipinski definition) is 2. The summed E-state index contributed by atoms with van der Waals surface area (Å²) in [5, 5.41) is 3.26. The smallest absolute Gasteiger partial charge is 0.120 e. The van der Waals surface area contributed by atoms with Crippen LogP contribution in [0.3, 0.4) is 0 Å². The maximum absolute atomic E-state index is 4.38. The van der Waals surface area contributed by atoms with Crippen molar-refractivity contribution in [3.63, 3.8) is 0 Å². The second-order valence-electron chi connectivity index (χ2n) is 5.85. The summed E-state index contributed by atoms with van der Waals surface area (Å²) in [5.74, 6) is 0.983. The molecule has 0 atom stereocenters. The summed E-state index contributed by atoms with van der Waals surface area (Å²) in [5.41, 5.74) is 3.81. The quantitative estimate of drug-likeness (QED) is 0.880. The minimum atomic E-state index is 0.197. The summed E-state index contributed by atoms with van der Waals surface area (Å²) in [6.07, 6.45) is 1.90. The zero-order chi connectivity index (χ0) is 13.9. The van der Waals surface area contributed by atoms with Gasteiger partial charge in [0.25, 0.3) is 0 Å². The average Bonchev–Trinajstić information content (AvgIpc) is 2.84. The van der Waals surface area contributed by atoms with Crippen LogP contribution in [-0.2, 0) is 12.0 Å². The van der Waals surface area contributed by atoms with Gasteiger partial charge in [-0.2, -0.15) is 0 Å². The van der Waals surface area contributed by atoms with Crippen LogP contribution in [0.5, 0.6) is 0 Å². The first-order valence-electron chi connectivity index (χ1n) is 6.86. The highest BCUT2D eigenvalue weighted by Crippen LogP contribution is 2.25. The molecule has 0 aliphatic rings. The fraction of sp³-hybridized carbons (Fsp3) is 0.438. The lowest BCUT2D eigenvalue weighted by molar-refractivity contribution is 0.590. The molecule has 19 heavy (non-hydrogen) atoms. The van der Waals surface area contributed by atoms with E-state index in [1.54, 1.807) is 0 Å². The zero-order valence-electron chi connectivity index (χ0n) is 12.2. The van der Waals surface area contributed by atoms with Gasteiger partial charge in [-0.25, -0.2) is 4.98 Å². The molecule has 102 valence electrons. The van der Waals surface area contributed by atoms with Gasteiger partial charge >= 0.3 is 0 Å². The first kappa shape index (κ1) is 13.8. The van der Waals surface area contributed by atoms with Gasteiger partial charge in [0, 0.05) is 0 Å². The Morgan fingerprint density at radius 2 is 1.84 bits per heavy atom. The Labute approximate surface area is 115 Å². The predicted octanol–water partition coefficient (Wildman–Crippen LogP) is 3.48. The molecule has 0 fully saturated rings. The van der Waals surface area contributed by atoms with Crippen LogP contribution < -0.4 is 5.32 Å². The maximum atomic E-state index is 4.38. The number of hydrogen-bond acceptors (Lipinski definition) is 2. The van der Waals surface area contributed by atoms with Crippen molar-refractivity contribution in [2.45, 2.75) is 39.7 Å². The van der Waals surface area contributed by atoms with E-state index in [0.717, 1.165) is 24.6 Å². The first-order chi connectivity index (χ1) is 9.00. The molecule has 3 heteroatoms. The Bertz CT molecular complexity index is 518. The molecular weight excluding hydrogens is 234 g/mol. The van der Waals surface area contributed by atoms with Gasteiger partial charge in [-0.1, -0.05) is 52.0 Å². The van der Waals surface area contributed by atoms with Gasteiger partial charge < -0.3 is 10.3 Å². The normalized spacial score (nSPS) is 11.8. The minimum absolute atomic E-state index is 0.197. The summed E-state index contributed by atoms with van der Waals surface area (Å²) < 4.78 is 0. The number of imidazole rings is 1. The van der Waals surface area contributed by atoms with Gasteiger partial charge in [0.15, 0.2) is 0 Å². The fourth-order valence-electron chi connectivity index (χ4n) is 1.99. The van der Waals surface area contributed by atoms with E-state index in [1.165, 1.54) is 11.1 Å². The molecule has 0 radical (unpaired) electrons. The van der Waals surface area contributed by atoms with Gasteiger partial charge in [0.2, 0.25) is 0 Å². The molecule has 1 aromatic heterocycles. The Balaban J connectivity index is 2.16. The highest BCUT2D eigenvalue weighted by atomic mass is 15.0. The van der Waals surface area contributed by atoms with E-state index in [4.69, 9.17) is 0 Å². The number of benzene rings is 1. The molecular formula is C16H23N3. The summed E-state index contributed by atoms with van der Waals surface area (Å²) >= 11 is 0. The molecule has 3 nitrogen and oxygen atoms in total. The second kappa shape index (κ2) is 5.57. The highest BCUT2D eigenvalue weighted by molar-refractivity contribution is 5.59. The largest absolute Gasteiger partial charge is 0.341 e. The summed E-state index contributed by atoms with van der Waals surface area (Å²) in [6, 6.07) is 8.70. The summed E-state index contributed by atoms with van der Waals surface area (Å²) in [7, 11) is 0. The number of rotatable bonds is 4. The third-order valence-electron chi connectivity index (χ3n) is 3.23. The molecule has 0 aliphatic heterocycles. The van der Waals surface area contributed by atoms with Crippen molar-refractivity contribution in [1.82, 2.24) is 15.3 Å². The highest BCUT2D eigenvalue weighted by Gasteiger charge is 2.13. The molecule has 0 saturated heterocycles. The van der Waals surface area contributed by atoms with Crippen LogP contribution in [0, 0.1) is 0 Å². The van der Waals surface area contributed by atoms with Crippen molar-refractivity contribution in [1.29, 1.82) is 0 Å². The number of aromatic nitrogens is 2. The van der Waals surface area contributed by atoms with Crippen molar-refractivity contribution >= 4 is 0 Å². The number of H-pyrrole nitrogens is 1. The number of aromatic amines is 1. The van der Waals surface area contributed by atoms with E-state index >= 15 is 0 Å². The first-order valence-corrected chi connectivity index (χ1v) is 6.86. The lowest BCUT2D eigenvalue weighted by Crippen LogP contribution is -2.12. The molecule has 2 aromatic rings. The Morgan fingerprint density at radius 1 is 1.16 bits per heavy atom. The van der Waals surface area contributed by atoms with Crippen molar-refractivity contribution in [2.24, 2.45) is 0 Å². The van der Waals surface area contributed by atoms with Gasteiger partial charge in [-0.15, -0.1) is 0 Å². The molecule has 0 spiro atoms. The SMILES string of the molecule is CCNCc1ncc(-c2ccc(C(C)(C)C)cc2)[nH]1. The van der Waals surface area contributed by atoms with Gasteiger partial charge in [-0.3, -0.25) is 0 Å². The second-order valence-corrected chi connectivity index (χ2v) is 5.85. The van der Waals surface area contributed by atoms with E-state index < -0.39 is 0 Å². The molecule has 1 heterocycles. The standard InChI is InChI=1S/C16H23N3/c1-5-17-11-15-18-10-14(19-15)12-6-8-13(9-7-12)16(2,3)4/h6-10,17H,5,11H2,1-4H3,(H,18,19). The summed E-state index contributed by atoms with van der Waals surface area (Å²) in [6.45, 7) is 10.5. The molecule has 0 bridgehead atoms. The average molecular weight is 257 g/mol. The molecule has 1 aromatic carbocycles. The lowest BCUT2D eigenvalue weighted by atomic mass is 9.86. The molecule has 0 saturated carbocycles. The summed E-state index contributed by atoms with van der Waals surface area (Å²) in [4.78, 5) is 7.73. The van der Waals surface area contributed by atoms with Crippen molar-refractivity contribution < 1.29 is 0 Å². The third kappa shape index (κ3) is 3.44. The number of nitrogens with zero attached hydrogens (tertiary/aromatic N) is 1. The maximum Gasteiger partial charge on any atom is 0.120 e. The van der Waals surface area contributed by atoms with Crippen LogP contribution in [0.1, 0.15) is 39.1 Å². The van der Waals surface area contributed by atoms with Gasteiger partial charge in [-0.05, 0) is 23.1 Å². The van der Waals surface area contributed by atoms with E-state index in [1.807, 2.05) is 6.20 Å².